The molecular weight excluding hydrogens is 380 g/mol. The van der Waals surface area contributed by atoms with Crippen molar-refractivity contribution < 1.29 is 22.7 Å². The van der Waals surface area contributed by atoms with Gasteiger partial charge in [0.1, 0.15) is 0 Å². The monoisotopic (exact) mass is 404 g/mol. The maximum absolute atomic E-state index is 12.6. The van der Waals surface area contributed by atoms with E-state index in [4.69, 9.17) is 4.74 Å². The second-order valence-electron chi connectivity index (χ2n) is 6.25. The summed E-state index contributed by atoms with van der Waals surface area (Å²) in [6, 6.07) is 11.4. The molecule has 0 aliphatic rings. The van der Waals surface area contributed by atoms with Crippen LogP contribution in [0.4, 0.5) is 11.4 Å². The lowest BCUT2D eigenvalue weighted by molar-refractivity contribution is -0.144. The number of esters is 1. The van der Waals surface area contributed by atoms with E-state index in [1.54, 1.807) is 6.92 Å². The van der Waals surface area contributed by atoms with Crippen LogP contribution < -0.4 is 10.0 Å². The van der Waals surface area contributed by atoms with Crippen LogP contribution >= 0.6 is 0 Å². The van der Waals surface area contributed by atoms with Gasteiger partial charge >= 0.3 is 5.97 Å². The van der Waals surface area contributed by atoms with Crippen molar-refractivity contribution in [3.63, 3.8) is 0 Å². The Morgan fingerprint density at radius 2 is 1.57 bits per heavy atom. The second-order valence-corrected chi connectivity index (χ2v) is 7.93. The molecule has 0 atom stereocenters. The number of anilines is 2. The molecule has 0 saturated carbocycles. The molecule has 2 rings (SSSR count). The zero-order valence-corrected chi connectivity index (χ0v) is 16.9. The number of hydrogen-bond acceptors (Lipinski definition) is 5. The molecule has 0 bridgehead atoms. The lowest BCUT2D eigenvalue weighted by Crippen LogP contribution is -2.16. The number of carbonyl (C=O) groups is 2. The fourth-order valence-corrected chi connectivity index (χ4v) is 3.76. The number of sulfonamides is 1. The Morgan fingerprint density at radius 1 is 0.964 bits per heavy atom. The summed E-state index contributed by atoms with van der Waals surface area (Å²) in [6.07, 6.45) is -0.0150. The number of hydrogen-bond donors (Lipinski definition) is 2. The van der Waals surface area contributed by atoms with Crippen molar-refractivity contribution in [3.05, 3.63) is 53.6 Å². The van der Waals surface area contributed by atoms with Crippen molar-refractivity contribution in [2.75, 3.05) is 16.6 Å². The number of ether oxygens (including phenoxy) is 1. The Labute approximate surface area is 165 Å². The topological polar surface area (TPSA) is 102 Å². The fraction of sp³-hybridized carbons (Fsp3) is 0.300. The minimum Gasteiger partial charge on any atom is -0.466 e. The summed E-state index contributed by atoms with van der Waals surface area (Å²) in [6.45, 7) is 5.63. The minimum absolute atomic E-state index is 0.00694. The Morgan fingerprint density at radius 3 is 2.14 bits per heavy atom. The summed E-state index contributed by atoms with van der Waals surface area (Å²) >= 11 is 0. The molecule has 0 unspecified atom stereocenters. The van der Waals surface area contributed by atoms with E-state index in [0.717, 1.165) is 11.1 Å². The molecule has 0 heterocycles. The SMILES string of the molecule is CCOC(=O)CCC(=O)Nc1ccc(S(=O)(=O)Nc2c(C)cccc2C)cc1. The van der Waals surface area contributed by atoms with E-state index >= 15 is 0 Å². The lowest BCUT2D eigenvalue weighted by atomic mass is 10.1. The van der Waals surface area contributed by atoms with E-state index in [9.17, 15) is 18.0 Å². The molecule has 2 aromatic rings. The highest BCUT2D eigenvalue weighted by molar-refractivity contribution is 7.92. The molecule has 0 aliphatic heterocycles. The maximum atomic E-state index is 12.6. The van der Waals surface area contributed by atoms with E-state index in [2.05, 4.69) is 10.0 Å². The van der Waals surface area contributed by atoms with E-state index in [1.165, 1.54) is 24.3 Å². The van der Waals surface area contributed by atoms with Gasteiger partial charge in [-0.15, -0.1) is 0 Å². The van der Waals surface area contributed by atoms with Gasteiger partial charge in [-0.05, 0) is 56.2 Å². The van der Waals surface area contributed by atoms with Gasteiger partial charge in [0.05, 0.1) is 23.6 Å². The first-order valence-electron chi connectivity index (χ1n) is 8.87. The number of carbonyl (C=O) groups excluding carboxylic acids is 2. The van der Waals surface area contributed by atoms with Crippen molar-refractivity contribution in [1.82, 2.24) is 0 Å². The average molecular weight is 404 g/mol. The molecule has 7 nitrogen and oxygen atoms in total. The summed E-state index contributed by atoms with van der Waals surface area (Å²) < 4.78 is 32.6. The summed E-state index contributed by atoms with van der Waals surface area (Å²) in [7, 11) is -3.76. The quantitative estimate of drug-likeness (QED) is 0.657. The second kappa shape index (κ2) is 9.36. The van der Waals surface area contributed by atoms with Gasteiger partial charge in [0.2, 0.25) is 5.91 Å². The van der Waals surface area contributed by atoms with Crippen molar-refractivity contribution >= 4 is 33.3 Å². The maximum Gasteiger partial charge on any atom is 0.306 e. The zero-order chi connectivity index (χ0) is 20.7. The standard InChI is InChI=1S/C20H24N2O5S/c1-4-27-19(24)13-12-18(23)21-16-8-10-17(11-9-16)28(25,26)22-20-14(2)6-5-7-15(20)3/h5-11,22H,4,12-13H2,1-3H3,(H,21,23). The molecule has 0 radical (unpaired) electrons. The fourth-order valence-electron chi connectivity index (χ4n) is 2.56. The van der Waals surface area contributed by atoms with Gasteiger partial charge in [-0.25, -0.2) is 8.42 Å². The van der Waals surface area contributed by atoms with Crippen LogP contribution in [-0.4, -0.2) is 26.9 Å². The molecular formula is C20H24N2O5S. The van der Waals surface area contributed by atoms with Gasteiger partial charge in [0.15, 0.2) is 0 Å². The smallest absolute Gasteiger partial charge is 0.306 e. The molecule has 2 N–H and O–H groups in total. The summed E-state index contributed by atoms with van der Waals surface area (Å²) in [5.74, 6) is -0.783. The Balaban J connectivity index is 2.03. The van der Waals surface area contributed by atoms with Crippen LogP contribution in [-0.2, 0) is 24.3 Å². The molecule has 0 fully saturated rings. The normalized spacial score (nSPS) is 11.0. The summed E-state index contributed by atoms with van der Waals surface area (Å²) in [5, 5.41) is 2.62. The van der Waals surface area contributed by atoms with Gasteiger partial charge < -0.3 is 10.1 Å². The molecule has 0 spiro atoms. The first-order valence-corrected chi connectivity index (χ1v) is 10.4. The van der Waals surface area contributed by atoms with Crippen LogP contribution in [0.5, 0.6) is 0 Å². The molecule has 2 aromatic carbocycles. The van der Waals surface area contributed by atoms with E-state index in [0.29, 0.717) is 11.4 Å². The minimum atomic E-state index is -3.76. The van der Waals surface area contributed by atoms with Gasteiger partial charge in [-0.3, -0.25) is 14.3 Å². The van der Waals surface area contributed by atoms with Crippen LogP contribution in [0.1, 0.15) is 30.9 Å². The van der Waals surface area contributed by atoms with E-state index in [-0.39, 0.29) is 30.3 Å². The third-order valence-electron chi connectivity index (χ3n) is 4.03. The van der Waals surface area contributed by atoms with Crippen LogP contribution in [0, 0.1) is 13.8 Å². The zero-order valence-electron chi connectivity index (χ0n) is 16.1. The van der Waals surface area contributed by atoms with Crippen LogP contribution in [0.3, 0.4) is 0 Å². The van der Waals surface area contributed by atoms with E-state index in [1.807, 2.05) is 32.0 Å². The number of benzene rings is 2. The van der Waals surface area contributed by atoms with Gasteiger partial charge in [0, 0.05) is 12.1 Å². The number of rotatable bonds is 8. The molecule has 0 saturated heterocycles. The summed E-state index contributed by atoms with van der Waals surface area (Å²) in [4.78, 5) is 23.2. The number of aryl methyl sites for hydroxylation is 2. The summed E-state index contributed by atoms with van der Waals surface area (Å²) in [5.41, 5.74) is 2.65. The van der Waals surface area contributed by atoms with E-state index < -0.39 is 16.0 Å². The Bertz CT molecular complexity index is 933. The van der Waals surface area contributed by atoms with Gasteiger partial charge in [-0.1, -0.05) is 18.2 Å². The van der Waals surface area contributed by atoms with Crippen molar-refractivity contribution in [2.45, 2.75) is 38.5 Å². The molecule has 28 heavy (non-hydrogen) atoms. The first-order chi connectivity index (χ1) is 13.2. The predicted molar refractivity (Wildman–Crippen MR) is 108 cm³/mol. The van der Waals surface area contributed by atoms with Crippen LogP contribution in [0.15, 0.2) is 47.4 Å². The van der Waals surface area contributed by atoms with Crippen LogP contribution in [0.25, 0.3) is 0 Å². The van der Waals surface area contributed by atoms with Crippen LogP contribution in [0.2, 0.25) is 0 Å². The molecule has 1 amide bonds. The van der Waals surface area contributed by atoms with Gasteiger partial charge in [0.25, 0.3) is 10.0 Å². The third-order valence-corrected chi connectivity index (χ3v) is 5.39. The average Bonchev–Trinajstić information content (AvgIpc) is 2.64. The predicted octanol–water partition coefficient (Wildman–Crippen LogP) is 3.39. The van der Waals surface area contributed by atoms with Crippen molar-refractivity contribution in [3.8, 4) is 0 Å². The Kier molecular flexibility index (Phi) is 7.17. The highest BCUT2D eigenvalue weighted by Crippen LogP contribution is 2.24. The molecule has 0 aromatic heterocycles. The highest BCUT2D eigenvalue weighted by Gasteiger charge is 2.16. The number of para-hydroxylation sites is 1. The number of amides is 1. The molecule has 150 valence electrons. The molecule has 0 aliphatic carbocycles. The van der Waals surface area contributed by atoms with Crippen molar-refractivity contribution in [2.24, 2.45) is 0 Å². The van der Waals surface area contributed by atoms with Gasteiger partial charge in [-0.2, -0.15) is 0 Å². The van der Waals surface area contributed by atoms with Crippen molar-refractivity contribution in [1.29, 1.82) is 0 Å². The number of nitrogens with one attached hydrogen (secondary N) is 2. The Hall–Kier alpha value is -2.87. The largest absolute Gasteiger partial charge is 0.466 e. The lowest BCUT2D eigenvalue weighted by Gasteiger charge is -2.13. The third kappa shape index (κ3) is 5.82. The highest BCUT2D eigenvalue weighted by atomic mass is 32.2. The molecule has 8 heteroatoms. The first kappa shape index (κ1) is 21.4.